The van der Waals surface area contributed by atoms with Gasteiger partial charge in [-0.2, -0.15) is 0 Å². The number of aliphatic imine (C=N–C) groups is 1. The molecule has 0 bridgehead atoms. The Hall–Kier alpha value is -0.810. The predicted molar refractivity (Wildman–Crippen MR) is 102 cm³/mol. The van der Waals surface area contributed by atoms with Crippen molar-refractivity contribution in [2.45, 2.75) is 46.0 Å². The summed E-state index contributed by atoms with van der Waals surface area (Å²) in [5.74, 6) is 2.77. The summed E-state index contributed by atoms with van der Waals surface area (Å²) in [6, 6.07) is 0. The Morgan fingerprint density at radius 3 is 2.67 bits per heavy atom. The summed E-state index contributed by atoms with van der Waals surface area (Å²) in [5.41, 5.74) is 0. The molecule has 5 nitrogen and oxygen atoms in total. The lowest BCUT2D eigenvalue weighted by atomic mass is 9.99. The number of hydrogen-bond acceptors (Lipinski definition) is 3. The largest absolute Gasteiger partial charge is 0.379 e. The van der Waals surface area contributed by atoms with Crippen LogP contribution < -0.4 is 5.32 Å². The number of piperidine rings is 1. The van der Waals surface area contributed by atoms with E-state index in [1.54, 1.807) is 0 Å². The summed E-state index contributed by atoms with van der Waals surface area (Å²) in [4.78, 5) is 9.58. The molecule has 1 saturated carbocycles. The number of likely N-dealkylation sites (N-methyl/N-ethyl adjacent to an activating group) is 1. The highest BCUT2D eigenvalue weighted by Gasteiger charge is 2.21. The Labute approximate surface area is 148 Å². The van der Waals surface area contributed by atoms with E-state index in [-0.39, 0.29) is 0 Å². The van der Waals surface area contributed by atoms with E-state index >= 15 is 0 Å². The zero-order valence-electron chi connectivity index (χ0n) is 16.1. The van der Waals surface area contributed by atoms with Crippen LogP contribution in [0.3, 0.4) is 0 Å². The molecule has 2 fully saturated rings. The predicted octanol–water partition coefficient (Wildman–Crippen LogP) is 2.43. The van der Waals surface area contributed by atoms with Crippen LogP contribution in [0.25, 0.3) is 0 Å². The van der Waals surface area contributed by atoms with Gasteiger partial charge >= 0.3 is 0 Å². The average Bonchev–Trinajstić information content (AvgIpc) is 3.40. The zero-order valence-corrected chi connectivity index (χ0v) is 16.1. The Bertz CT molecular complexity index is 362. The molecule has 5 heteroatoms. The van der Waals surface area contributed by atoms with Crippen LogP contribution in [-0.2, 0) is 4.74 Å². The van der Waals surface area contributed by atoms with Gasteiger partial charge in [-0.05, 0) is 70.5 Å². The maximum atomic E-state index is 5.74. The highest BCUT2D eigenvalue weighted by atomic mass is 16.5. The number of nitrogens with one attached hydrogen (secondary N) is 1. The summed E-state index contributed by atoms with van der Waals surface area (Å²) in [7, 11) is 2.11. The van der Waals surface area contributed by atoms with Crippen LogP contribution >= 0.6 is 0 Å². The van der Waals surface area contributed by atoms with Crippen molar-refractivity contribution in [2.75, 3.05) is 59.5 Å². The average molecular weight is 339 g/mol. The topological polar surface area (TPSA) is 40.1 Å². The fourth-order valence-electron chi connectivity index (χ4n) is 3.08. The van der Waals surface area contributed by atoms with Crippen molar-refractivity contribution in [3.63, 3.8) is 0 Å². The molecular formula is C19H38N4O. The maximum Gasteiger partial charge on any atom is 0.193 e. The normalized spacial score (nSPS) is 20.4. The molecule has 0 aromatic rings. The monoisotopic (exact) mass is 338 g/mol. The lowest BCUT2D eigenvalue weighted by molar-refractivity contribution is 0.115. The van der Waals surface area contributed by atoms with Crippen molar-refractivity contribution in [3.8, 4) is 0 Å². The van der Waals surface area contributed by atoms with Gasteiger partial charge in [-0.1, -0.05) is 6.92 Å². The molecule has 1 saturated heterocycles. The summed E-state index contributed by atoms with van der Waals surface area (Å²) in [6.07, 6.45) is 6.58. The van der Waals surface area contributed by atoms with E-state index in [4.69, 9.17) is 9.73 Å². The van der Waals surface area contributed by atoms with Gasteiger partial charge in [0.1, 0.15) is 0 Å². The Morgan fingerprint density at radius 2 is 2.00 bits per heavy atom. The second kappa shape index (κ2) is 10.9. The molecule has 0 aromatic carbocycles. The highest BCUT2D eigenvalue weighted by molar-refractivity contribution is 5.79. The minimum Gasteiger partial charge on any atom is -0.379 e. The molecule has 2 aliphatic rings. The van der Waals surface area contributed by atoms with Crippen LogP contribution in [0.1, 0.15) is 46.0 Å². The van der Waals surface area contributed by atoms with Gasteiger partial charge in [-0.3, -0.25) is 4.99 Å². The number of hydrogen-bond donors (Lipinski definition) is 1. The smallest absolute Gasteiger partial charge is 0.193 e. The van der Waals surface area contributed by atoms with E-state index in [1.165, 1.54) is 45.3 Å². The van der Waals surface area contributed by atoms with Crippen molar-refractivity contribution in [3.05, 3.63) is 0 Å². The molecule has 1 N–H and O–H groups in total. The first-order chi connectivity index (χ1) is 11.7. The van der Waals surface area contributed by atoms with Gasteiger partial charge in [-0.25, -0.2) is 0 Å². The lowest BCUT2D eigenvalue weighted by Gasteiger charge is -2.30. The molecule has 2 rings (SSSR count). The summed E-state index contributed by atoms with van der Waals surface area (Å²) >= 11 is 0. The molecule has 0 spiro atoms. The first kappa shape index (κ1) is 19.5. The van der Waals surface area contributed by atoms with Gasteiger partial charge in [0.25, 0.3) is 0 Å². The molecular weight excluding hydrogens is 300 g/mol. The van der Waals surface area contributed by atoms with Gasteiger partial charge in [0.15, 0.2) is 5.96 Å². The van der Waals surface area contributed by atoms with E-state index < -0.39 is 0 Å². The van der Waals surface area contributed by atoms with Crippen LogP contribution in [0.15, 0.2) is 4.99 Å². The van der Waals surface area contributed by atoms with Gasteiger partial charge in [0.2, 0.25) is 0 Å². The van der Waals surface area contributed by atoms with E-state index in [1.807, 2.05) is 0 Å². The fourth-order valence-corrected chi connectivity index (χ4v) is 3.08. The first-order valence-corrected chi connectivity index (χ1v) is 9.98. The van der Waals surface area contributed by atoms with Crippen LogP contribution in [-0.4, -0.2) is 75.3 Å². The van der Waals surface area contributed by atoms with Gasteiger partial charge in [0.05, 0.1) is 6.61 Å². The Morgan fingerprint density at radius 1 is 1.25 bits per heavy atom. The molecule has 1 aliphatic heterocycles. The minimum absolute atomic E-state index is 0.795. The lowest BCUT2D eigenvalue weighted by Crippen LogP contribution is -2.41. The molecule has 0 atom stereocenters. The zero-order chi connectivity index (χ0) is 17.2. The van der Waals surface area contributed by atoms with E-state index in [9.17, 15) is 0 Å². The third-order valence-electron chi connectivity index (χ3n) is 5.09. The Balaban J connectivity index is 1.60. The number of guanidine groups is 1. The van der Waals surface area contributed by atoms with Crippen LogP contribution in [0.4, 0.5) is 0 Å². The maximum absolute atomic E-state index is 5.74. The molecule has 140 valence electrons. The van der Waals surface area contributed by atoms with E-state index in [0.29, 0.717) is 0 Å². The van der Waals surface area contributed by atoms with E-state index in [0.717, 1.165) is 57.1 Å². The minimum atomic E-state index is 0.795. The van der Waals surface area contributed by atoms with Crippen molar-refractivity contribution in [1.29, 1.82) is 0 Å². The molecule has 0 radical (unpaired) electrons. The summed E-state index contributed by atoms with van der Waals surface area (Å²) in [5, 5.41) is 3.40. The molecule has 0 aromatic heterocycles. The number of rotatable bonds is 10. The Kier molecular flexibility index (Phi) is 8.89. The quantitative estimate of drug-likeness (QED) is 0.377. The summed E-state index contributed by atoms with van der Waals surface area (Å²) < 4.78 is 5.74. The van der Waals surface area contributed by atoms with Crippen molar-refractivity contribution in [1.82, 2.24) is 15.1 Å². The molecule has 1 aliphatic carbocycles. The van der Waals surface area contributed by atoms with Crippen molar-refractivity contribution >= 4 is 5.96 Å². The van der Waals surface area contributed by atoms with E-state index in [2.05, 4.69) is 36.0 Å². The van der Waals surface area contributed by atoms with Crippen LogP contribution in [0.5, 0.6) is 0 Å². The number of nitrogens with zero attached hydrogens (tertiary/aromatic N) is 3. The highest BCUT2D eigenvalue weighted by Crippen LogP contribution is 2.28. The molecule has 0 unspecified atom stereocenters. The second-order valence-corrected chi connectivity index (χ2v) is 7.55. The first-order valence-electron chi connectivity index (χ1n) is 9.98. The molecule has 0 amide bonds. The van der Waals surface area contributed by atoms with Crippen molar-refractivity contribution in [2.24, 2.45) is 16.8 Å². The van der Waals surface area contributed by atoms with Gasteiger partial charge < -0.3 is 19.9 Å². The third-order valence-corrected chi connectivity index (χ3v) is 5.09. The van der Waals surface area contributed by atoms with Crippen LogP contribution in [0.2, 0.25) is 0 Å². The standard InChI is InChI=1S/C19H38N4O/c1-4-20-19(22(3)14-15-24-16-18-6-7-18)21-10-5-11-23-12-8-17(2)9-13-23/h17-18H,4-16H2,1-3H3,(H,20,21). The molecule has 1 heterocycles. The summed E-state index contributed by atoms with van der Waals surface area (Å²) in [6.45, 7) is 12.7. The number of ether oxygens (including phenoxy) is 1. The molecule has 24 heavy (non-hydrogen) atoms. The van der Waals surface area contributed by atoms with Gasteiger partial charge in [0, 0.05) is 33.3 Å². The fraction of sp³-hybridized carbons (Fsp3) is 0.947. The third kappa shape index (κ3) is 7.84. The second-order valence-electron chi connectivity index (χ2n) is 7.55. The van der Waals surface area contributed by atoms with Gasteiger partial charge in [-0.15, -0.1) is 0 Å². The van der Waals surface area contributed by atoms with Crippen molar-refractivity contribution < 1.29 is 4.74 Å². The van der Waals surface area contributed by atoms with Crippen LogP contribution in [0, 0.1) is 11.8 Å². The SMILES string of the molecule is CCNC(=NCCCN1CCC(C)CC1)N(C)CCOCC1CC1. The number of likely N-dealkylation sites (tertiary alicyclic amines) is 1.